The Hall–Kier alpha value is -1.26. The van der Waals surface area contributed by atoms with E-state index in [0.29, 0.717) is 19.4 Å². The second-order valence-electron chi connectivity index (χ2n) is 6.78. The summed E-state index contributed by atoms with van der Waals surface area (Å²) in [6, 6.07) is 0. The molecule has 0 aromatic heterocycles. The lowest BCUT2D eigenvalue weighted by Gasteiger charge is -2.46. The average molecular weight is 269 g/mol. The minimum Gasteiger partial charge on any atom is -0.464 e. The van der Waals surface area contributed by atoms with Crippen LogP contribution >= 0.6 is 0 Å². The van der Waals surface area contributed by atoms with E-state index >= 15 is 0 Å². The molecule has 2 aliphatic carbocycles. The van der Waals surface area contributed by atoms with Crippen LogP contribution in [0.5, 0.6) is 0 Å². The van der Waals surface area contributed by atoms with Gasteiger partial charge in [0.2, 0.25) is 0 Å². The van der Waals surface area contributed by atoms with Crippen molar-refractivity contribution >= 4 is 12.1 Å². The summed E-state index contributed by atoms with van der Waals surface area (Å²) < 4.78 is 10.3. The lowest BCUT2D eigenvalue weighted by Crippen LogP contribution is -2.64. The molecule has 0 aliphatic heterocycles. The van der Waals surface area contributed by atoms with Crippen LogP contribution in [-0.4, -0.2) is 29.8 Å². The van der Waals surface area contributed by atoms with Gasteiger partial charge >= 0.3 is 12.1 Å². The van der Waals surface area contributed by atoms with Gasteiger partial charge in [-0.25, -0.2) is 9.59 Å². The topological polar surface area (TPSA) is 64.6 Å². The Bertz CT molecular complexity index is 385. The van der Waals surface area contributed by atoms with Crippen LogP contribution in [0, 0.1) is 5.41 Å². The van der Waals surface area contributed by atoms with E-state index in [0.717, 1.165) is 12.8 Å². The molecule has 1 amide bonds. The van der Waals surface area contributed by atoms with E-state index in [1.54, 1.807) is 27.7 Å². The van der Waals surface area contributed by atoms with Gasteiger partial charge in [-0.1, -0.05) is 0 Å². The van der Waals surface area contributed by atoms with Gasteiger partial charge in [0.25, 0.3) is 0 Å². The summed E-state index contributed by atoms with van der Waals surface area (Å²) in [5.41, 5.74) is -1.16. The molecule has 0 aromatic carbocycles. The first-order chi connectivity index (χ1) is 8.70. The number of alkyl carbamates (subject to hydrolysis) is 1. The van der Waals surface area contributed by atoms with Gasteiger partial charge in [0, 0.05) is 0 Å². The zero-order chi connectivity index (χ0) is 14.3. The maximum atomic E-state index is 12.1. The molecule has 0 heterocycles. The van der Waals surface area contributed by atoms with Crippen molar-refractivity contribution in [2.24, 2.45) is 5.41 Å². The van der Waals surface area contributed by atoms with Gasteiger partial charge < -0.3 is 14.8 Å². The van der Waals surface area contributed by atoms with Crippen LogP contribution in [0.2, 0.25) is 0 Å². The molecular formula is C14H23NO4. The molecule has 0 bridgehead atoms. The van der Waals surface area contributed by atoms with Crippen LogP contribution in [0.3, 0.4) is 0 Å². The van der Waals surface area contributed by atoms with Gasteiger partial charge in [-0.3, -0.25) is 0 Å². The largest absolute Gasteiger partial charge is 0.464 e. The number of ether oxygens (including phenoxy) is 2. The van der Waals surface area contributed by atoms with E-state index in [1.807, 2.05) is 0 Å². The summed E-state index contributed by atoms with van der Waals surface area (Å²) in [4.78, 5) is 23.9. The molecule has 108 valence electrons. The second kappa shape index (κ2) is 4.39. The Morgan fingerprint density at radius 2 is 1.79 bits per heavy atom. The summed E-state index contributed by atoms with van der Waals surface area (Å²) >= 11 is 0. The predicted octanol–water partition coefficient (Wildman–Crippen LogP) is 2.39. The predicted molar refractivity (Wildman–Crippen MR) is 69.6 cm³/mol. The van der Waals surface area contributed by atoms with Crippen LogP contribution in [0.15, 0.2) is 0 Å². The zero-order valence-corrected chi connectivity index (χ0v) is 12.2. The number of nitrogens with one attached hydrogen (secondary N) is 1. The molecule has 19 heavy (non-hydrogen) atoms. The van der Waals surface area contributed by atoms with E-state index in [4.69, 9.17) is 9.47 Å². The van der Waals surface area contributed by atoms with Crippen LogP contribution in [0.25, 0.3) is 0 Å². The standard InChI is InChI=1S/C14H23NO4/c1-5-18-10(16)14(8-13(9-14)6-7-13)15-11(17)19-12(2,3)4/h5-9H2,1-4H3,(H,15,17). The maximum Gasteiger partial charge on any atom is 0.408 e. The summed E-state index contributed by atoms with van der Waals surface area (Å²) in [5, 5.41) is 2.73. The molecule has 0 aromatic rings. The van der Waals surface area contributed by atoms with E-state index < -0.39 is 17.2 Å². The minimum atomic E-state index is -0.866. The van der Waals surface area contributed by atoms with Crippen LogP contribution in [0.4, 0.5) is 4.79 Å². The fourth-order valence-electron chi connectivity index (χ4n) is 2.81. The molecule has 0 saturated heterocycles. The summed E-state index contributed by atoms with van der Waals surface area (Å²) in [7, 11) is 0. The molecule has 5 nitrogen and oxygen atoms in total. The molecular weight excluding hydrogens is 246 g/mol. The monoisotopic (exact) mass is 269 g/mol. The van der Waals surface area contributed by atoms with E-state index in [2.05, 4.69) is 5.32 Å². The Morgan fingerprint density at radius 3 is 2.21 bits per heavy atom. The second-order valence-corrected chi connectivity index (χ2v) is 6.78. The summed E-state index contributed by atoms with van der Waals surface area (Å²) in [6.45, 7) is 7.49. The highest BCUT2D eigenvalue weighted by Gasteiger charge is 2.65. The molecule has 2 saturated carbocycles. The molecule has 1 spiro atoms. The highest BCUT2D eigenvalue weighted by molar-refractivity contribution is 5.87. The van der Waals surface area contributed by atoms with E-state index in [-0.39, 0.29) is 11.4 Å². The average Bonchev–Trinajstić information content (AvgIpc) is 2.93. The highest BCUT2D eigenvalue weighted by Crippen LogP contribution is 2.65. The molecule has 2 fully saturated rings. The normalized spacial score (nSPS) is 22.3. The van der Waals surface area contributed by atoms with Crippen molar-refractivity contribution < 1.29 is 19.1 Å². The fourth-order valence-corrected chi connectivity index (χ4v) is 2.81. The number of amides is 1. The molecule has 0 atom stereocenters. The van der Waals surface area contributed by atoms with E-state index in [9.17, 15) is 9.59 Å². The van der Waals surface area contributed by atoms with Gasteiger partial charge in [-0.15, -0.1) is 0 Å². The van der Waals surface area contributed by atoms with Gasteiger partial charge in [-0.2, -0.15) is 0 Å². The van der Waals surface area contributed by atoms with Crippen molar-refractivity contribution in [3.8, 4) is 0 Å². The third kappa shape index (κ3) is 3.01. The van der Waals surface area contributed by atoms with Crippen LogP contribution in [-0.2, 0) is 14.3 Å². The Morgan fingerprint density at radius 1 is 1.21 bits per heavy atom. The van der Waals surface area contributed by atoms with Crippen molar-refractivity contribution in [3.05, 3.63) is 0 Å². The molecule has 5 heteroatoms. The number of hydrogen-bond acceptors (Lipinski definition) is 4. The minimum absolute atomic E-state index is 0.280. The third-order valence-electron chi connectivity index (χ3n) is 3.72. The third-order valence-corrected chi connectivity index (χ3v) is 3.72. The Balaban J connectivity index is 1.99. The quantitative estimate of drug-likeness (QED) is 0.799. The Labute approximate surface area is 114 Å². The van der Waals surface area contributed by atoms with Crippen LogP contribution in [0.1, 0.15) is 53.4 Å². The Kier molecular flexibility index (Phi) is 3.27. The van der Waals surface area contributed by atoms with Crippen molar-refractivity contribution in [1.82, 2.24) is 5.32 Å². The number of carbonyl (C=O) groups is 2. The summed E-state index contributed by atoms with van der Waals surface area (Å²) in [5.74, 6) is -0.335. The smallest absolute Gasteiger partial charge is 0.408 e. The van der Waals surface area contributed by atoms with Crippen molar-refractivity contribution in [3.63, 3.8) is 0 Å². The lowest BCUT2D eigenvalue weighted by atomic mass is 9.65. The van der Waals surface area contributed by atoms with Gasteiger partial charge in [0.15, 0.2) is 0 Å². The van der Waals surface area contributed by atoms with Gasteiger partial charge in [0.1, 0.15) is 11.1 Å². The molecule has 0 radical (unpaired) electrons. The first-order valence-electron chi connectivity index (χ1n) is 6.89. The summed E-state index contributed by atoms with van der Waals surface area (Å²) in [6.07, 6.45) is 3.10. The first-order valence-corrected chi connectivity index (χ1v) is 6.89. The highest BCUT2D eigenvalue weighted by atomic mass is 16.6. The van der Waals surface area contributed by atoms with Crippen molar-refractivity contribution in [2.45, 2.75) is 64.5 Å². The lowest BCUT2D eigenvalue weighted by molar-refractivity contribution is -0.158. The molecule has 0 unspecified atom stereocenters. The fraction of sp³-hybridized carbons (Fsp3) is 0.857. The van der Waals surface area contributed by atoms with Crippen molar-refractivity contribution in [2.75, 3.05) is 6.61 Å². The molecule has 2 rings (SSSR count). The van der Waals surface area contributed by atoms with E-state index in [1.165, 1.54) is 0 Å². The maximum absolute atomic E-state index is 12.1. The molecule has 2 aliphatic rings. The van der Waals surface area contributed by atoms with Crippen molar-refractivity contribution in [1.29, 1.82) is 0 Å². The first kappa shape index (κ1) is 14.2. The zero-order valence-electron chi connectivity index (χ0n) is 12.2. The number of hydrogen-bond donors (Lipinski definition) is 1. The number of esters is 1. The SMILES string of the molecule is CCOC(=O)C1(NC(=O)OC(C)(C)C)CC2(CC2)C1. The number of rotatable bonds is 3. The number of carbonyl (C=O) groups excluding carboxylic acids is 2. The van der Waals surface area contributed by atoms with Crippen LogP contribution < -0.4 is 5.32 Å². The van der Waals surface area contributed by atoms with Gasteiger partial charge in [-0.05, 0) is 58.8 Å². The van der Waals surface area contributed by atoms with Gasteiger partial charge in [0.05, 0.1) is 6.61 Å². The molecule has 1 N–H and O–H groups in total.